The Labute approximate surface area is 214 Å². The van der Waals surface area contributed by atoms with E-state index in [9.17, 15) is 17.6 Å². The maximum atomic E-state index is 14.1. The highest BCUT2D eigenvalue weighted by Crippen LogP contribution is 2.51. The Hall–Kier alpha value is -3.85. The Morgan fingerprint density at radius 2 is 1.92 bits per heavy atom. The molecule has 3 heterocycles. The third-order valence-electron chi connectivity index (χ3n) is 7.60. The van der Waals surface area contributed by atoms with Gasteiger partial charge in [-0.3, -0.25) is 14.3 Å². The molecule has 0 radical (unpaired) electrons. The number of hydrogen-bond acceptors (Lipinski definition) is 5. The van der Waals surface area contributed by atoms with E-state index in [1.165, 1.54) is 12.1 Å². The molecule has 2 aliphatic carbocycles. The van der Waals surface area contributed by atoms with Crippen LogP contribution in [0.5, 0.6) is 0 Å². The number of aromatic nitrogens is 4. The summed E-state index contributed by atoms with van der Waals surface area (Å²) in [6, 6.07) is 12.9. The molecule has 0 spiro atoms. The Balaban J connectivity index is 1.45. The summed E-state index contributed by atoms with van der Waals surface area (Å²) < 4.78 is 44.4. The Bertz CT molecular complexity index is 1640. The number of pyridine rings is 1. The first kappa shape index (κ1) is 23.5. The van der Waals surface area contributed by atoms with Crippen LogP contribution in [0.4, 0.5) is 4.39 Å². The summed E-state index contributed by atoms with van der Waals surface area (Å²) in [4.78, 5) is 23.3. The van der Waals surface area contributed by atoms with Crippen LogP contribution in [0.25, 0.3) is 11.8 Å². The average Bonchev–Trinajstić information content (AvgIpc) is 3.53. The van der Waals surface area contributed by atoms with Crippen LogP contribution in [0.2, 0.25) is 0 Å². The van der Waals surface area contributed by atoms with Gasteiger partial charge in [0.15, 0.2) is 15.6 Å². The molecule has 0 saturated heterocycles. The smallest absolute Gasteiger partial charge is 0.191 e. The number of imidazole rings is 1. The van der Waals surface area contributed by atoms with Crippen LogP contribution in [0, 0.1) is 11.2 Å². The van der Waals surface area contributed by atoms with Gasteiger partial charge in [0.25, 0.3) is 0 Å². The maximum Gasteiger partial charge on any atom is 0.191 e. The molecule has 1 saturated carbocycles. The van der Waals surface area contributed by atoms with Crippen LogP contribution in [0.1, 0.15) is 41.1 Å². The molecule has 0 N–H and O–H groups in total. The van der Waals surface area contributed by atoms with Gasteiger partial charge in [0.1, 0.15) is 11.5 Å². The van der Waals surface area contributed by atoms with Crippen LogP contribution >= 0.6 is 0 Å². The van der Waals surface area contributed by atoms with Crippen LogP contribution in [-0.2, 0) is 23.3 Å². The van der Waals surface area contributed by atoms with E-state index in [-0.39, 0.29) is 29.3 Å². The number of nitrogens with zero attached hydrogens (tertiary/aromatic N) is 4. The fourth-order valence-corrected chi connectivity index (χ4v) is 7.56. The van der Waals surface area contributed by atoms with Crippen molar-refractivity contribution < 1.29 is 17.6 Å². The lowest BCUT2D eigenvalue weighted by Gasteiger charge is -2.43. The molecule has 0 amide bonds. The average molecular weight is 517 g/mol. The first-order valence-electron chi connectivity index (χ1n) is 12.1. The molecule has 0 aliphatic heterocycles. The monoisotopic (exact) mass is 516 g/mol. The van der Waals surface area contributed by atoms with Crippen LogP contribution in [-0.4, -0.2) is 38.6 Å². The fraction of sp³-hybridized carbons (Fsp3) is 0.250. The van der Waals surface area contributed by atoms with Gasteiger partial charge in [0, 0.05) is 37.7 Å². The van der Waals surface area contributed by atoms with E-state index in [2.05, 4.69) is 9.97 Å². The minimum Gasteiger partial charge on any atom is -0.356 e. The van der Waals surface area contributed by atoms with Gasteiger partial charge in [-0.25, -0.2) is 17.8 Å². The summed E-state index contributed by atoms with van der Waals surface area (Å²) in [5, 5.41) is -0.708. The third-order valence-corrected chi connectivity index (χ3v) is 9.78. The molecule has 1 aromatic carbocycles. The lowest BCUT2D eigenvalue weighted by molar-refractivity contribution is 0.0795. The summed E-state index contributed by atoms with van der Waals surface area (Å²) in [5.74, 6) is -0.511. The number of fused-ring (bicyclic) bond motifs is 2. The molecular formula is C28H25FN4O3S. The second-order valence-electron chi connectivity index (χ2n) is 9.82. The summed E-state index contributed by atoms with van der Waals surface area (Å²) >= 11 is 0. The Kier molecular flexibility index (Phi) is 5.49. The number of carbonyl (C=O) groups is 1. The predicted molar refractivity (Wildman–Crippen MR) is 136 cm³/mol. The molecule has 2 aliphatic rings. The summed E-state index contributed by atoms with van der Waals surface area (Å²) in [7, 11) is -1.86. The van der Waals surface area contributed by atoms with Crippen molar-refractivity contribution in [2.24, 2.45) is 12.5 Å². The topological polar surface area (TPSA) is 86.9 Å². The Morgan fingerprint density at radius 1 is 1.11 bits per heavy atom. The molecule has 188 valence electrons. The van der Waals surface area contributed by atoms with E-state index in [1.54, 1.807) is 72.9 Å². The van der Waals surface area contributed by atoms with Gasteiger partial charge in [0.2, 0.25) is 0 Å². The van der Waals surface area contributed by atoms with E-state index in [4.69, 9.17) is 0 Å². The van der Waals surface area contributed by atoms with Crippen molar-refractivity contribution in [2.75, 3.05) is 0 Å². The van der Waals surface area contributed by atoms with Gasteiger partial charge >= 0.3 is 0 Å². The number of rotatable bonds is 5. The second kappa shape index (κ2) is 8.62. The molecule has 0 bridgehead atoms. The number of hydrogen-bond donors (Lipinski definition) is 0. The van der Waals surface area contributed by atoms with Crippen LogP contribution < -0.4 is 0 Å². The zero-order chi connectivity index (χ0) is 25.8. The van der Waals surface area contributed by atoms with Crippen molar-refractivity contribution in [1.29, 1.82) is 0 Å². The minimum absolute atomic E-state index is 0.161. The van der Waals surface area contributed by atoms with Crippen molar-refractivity contribution in [2.45, 2.75) is 35.8 Å². The predicted octanol–water partition coefficient (Wildman–Crippen LogP) is 4.58. The normalized spacial score (nSPS) is 21.1. The number of allylic oxidation sites excluding steroid dienone is 1. The first-order chi connectivity index (χ1) is 17.8. The number of sulfone groups is 1. The minimum atomic E-state index is -3.65. The molecule has 6 rings (SSSR count). The number of ketones is 1. The fourth-order valence-electron chi connectivity index (χ4n) is 5.68. The number of aryl methyl sites for hydroxylation is 1. The molecule has 4 aromatic rings. The van der Waals surface area contributed by atoms with Crippen molar-refractivity contribution in [3.63, 3.8) is 0 Å². The van der Waals surface area contributed by atoms with E-state index in [0.717, 1.165) is 17.0 Å². The largest absolute Gasteiger partial charge is 0.356 e. The van der Waals surface area contributed by atoms with Crippen molar-refractivity contribution in [3.05, 3.63) is 102 Å². The Morgan fingerprint density at radius 3 is 2.62 bits per heavy atom. The highest BCUT2D eigenvalue weighted by atomic mass is 32.2. The van der Waals surface area contributed by atoms with Gasteiger partial charge < -0.3 is 4.57 Å². The van der Waals surface area contributed by atoms with E-state index in [0.29, 0.717) is 24.2 Å². The first-order valence-corrected chi connectivity index (χ1v) is 13.7. The highest BCUT2D eigenvalue weighted by Gasteiger charge is 2.52. The van der Waals surface area contributed by atoms with Gasteiger partial charge in [-0.1, -0.05) is 11.6 Å². The highest BCUT2D eigenvalue weighted by molar-refractivity contribution is 7.92. The van der Waals surface area contributed by atoms with Crippen molar-refractivity contribution in [1.82, 2.24) is 19.1 Å². The van der Waals surface area contributed by atoms with Crippen LogP contribution in [0.3, 0.4) is 0 Å². The lowest BCUT2D eigenvalue weighted by Crippen LogP contribution is -2.46. The third kappa shape index (κ3) is 3.85. The van der Waals surface area contributed by atoms with Crippen molar-refractivity contribution >= 4 is 21.7 Å². The maximum absolute atomic E-state index is 14.1. The molecular weight excluding hydrogens is 491 g/mol. The molecule has 37 heavy (non-hydrogen) atoms. The van der Waals surface area contributed by atoms with Crippen molar-refractivity contribution in [3.8, 4) is 5.69 Å². The number of carbonyl (C=O) groups excluding carboxylic acids is 1. The second-order valence-corrected chi connectivity index (χ2v) is 12.0. The standard InChI is InChI=1S/C28H25FN4O3S/c1-32-13-11-23(17-32)37(35,36)22-10-5-19-14-26-25(31-18-33(26)21-8-6-20(29)7-9-21)16-28(19,15-22)27(34)24-4-2-3-12-30-24/h2-4,6-9,11-14,17-18,22H,5,10,15-16H2,1H3/t22-,28+/m0/s1. The van der Waals surface area contributed by atoms with Crippen LogP contribution in [0.15, 0.2) is 83.9 Å². The van der Waals surface area contributed by atoms with Gasteiger partial charge in [-0.05, 0) is 67.8 Å². The van der Waals surface area contributed by atoms with E-state index in [1.807, 2.05) is 10.6 Å². The number of halogens is 1. The molecule has 1 fully saturated rings. The molecule has 9 heteroatoms. The molecule has 0 unspecified atom stereocenters. The lowest BCUT2D eigenvalue weighted by atomic mass is 9.62. The number of Topliss-reactive ketones (excluding diaryl/α,β-unsaturated/α-hetero) is 1. The number of benzene rings is 1. The zero-order valence-corrected chi connectivity index (χ0v) is 21.0. The molecule has 7 nitrogen and oxygen atoms in total. The summed E-state index contributed by atoms with van der Waals surface area (Å²) in [6.07, 6.45) is 9.86. The SMILES string of the molecule is Cn1ccc(S(=O)(=O)[C@H]2CCC3=Cc4c(ncn4-c4ccc(F)cc4)C[C@]3(C(=O)c3ccccn3)C2)c1. The summed E-state index contributed by atoms with van der Waals surface area (Å²) in [5.41, 5.74) is 2.43. The summed E-state index contributed by atoms with van der Waals surface area (Å²) in [6.45, 7) is 0. The molecule has 3 aromatic heterocycles. The van der Waals surface area contributed by atoms with E-state index < -0.39 is 20.5 Å². The van der Waals surface area contributed by atoms with E-state index >= 15 is 0 Å². The van der Waals surface area contributed by atoms with Gasteiger partial charge in [0.05, 0.1) is 33.3 Å². The zero-order valence-electron chi connectivity index (χ0n) is 20.2. The van der Waals surface area contributed by atoms with Gasteiger partial charge in [-0.2, -0.15) is 0 Å². The quantitative estimate of drug-likeness (QED) is 0.363. The van der Waals surface area contributed by atoms with Gasteiger partial charge in [-0.15, -0.1) is 0 Å². The molecule has 2 atom stereocenters.